The second kappa shape index (κ2) is 5.64. The van der Waals surface area contributed by atoms with Crippen molar-refractivity contribution in [2.75, 3.05) is 39.3 Å². The molecule has 1 atom stereocenters. The van der Waals surface area contributed by atoms with E-state index in [0.717, 1.165) is 32.7 Å². The van der Waals surface area contributed by atoms with E-state index in [-0.39, 0.29) is 0 Å². The van der Waals surface area contributed by atoms with Gasteiger partial charge in [0.2, 0.25) is 5.91 Å². The van der Waals surface area contributed by atoms with E-state index in [4.69, 9.17) is 0 Å². The van der Waals surface area contributed by atoms with Crippen LogP contribution in [0, 0.1) is 0 Å². The number of rotatable bonds is 2. The summed E-state index contributed by atoms with van der Waals surface area (Å²) in [7, 11) is 0. The molecule has 16 heavy (non-hydrogen) atoms. The van der Waals surface area contributed by atoms with Gasteiger partial charge in [0.05, 0.1) is 0 Å². The van der Waals surface area contributed by atoms with Gasteiger partial charge in [0.1, 0.15) is 0 Å². The highest BCUT2D eigenvalue weighted by atomic mass is 16.2. The Morgan fingerprint density at radius 3 is 3.06 bits per heavy atom. The van der Waals surface area contributed by atoms with E-state index in [2.05, 4.69) is 22.0 Å². The summed E-state index contributed by atoms with van der Waals surface area (Å²) in [6, 6.07) is 0.459. The first-order valence-electron chi connectivity index (χ1n) is 6.54. The average Bonchev–Trinajstić information content (AvgIpc) is 2.54. The van der Waals surface area contributed by atoms with Crippen molar-refractivity contribution in [3.8, 4) is 0 Å². The van der Waals surface area contributed by atoms with Gasteiger partial charge in [0.15, 0.2) is 0 Å². The molecule has 0 aliphatic carbocycles. The van der Waals surface area contributed by atoms with Gasteiger partial charge in [-0.3, -0.25) is 4.79 Å². The summed E-state index contributed by atoms with van der Waals surface area (Å²) in [5.74, 6) is 0.341. The molecule has 0 aromatic rings. The van der Waals surface area contributed by atoms with Gasteiger partial charge in [-0.1, -0.05) is 6.92 Å². The van der Waals surface area contributed by atoms with E-state index >= 15 is 0 Å². The molecule has 1 amide bonds. The molecular formula is C12H23N3O. The molecule has 4 nitrogen and oxygen atoms in total. The zero-order chi connectivity index (χ0) is 11.4. The third kappa shape index (κ3) is 2.74. The fraction of sp³-hybridized carbons (Fsp3) is 0.917. The Bertz CT molecular complexity index is 244. The number of likely N-dealkylation sites (tertiary alicyclic amines) is 1. The van der Waals surface area contributed by atoms with E-state index in [1.54, 1.807) is 0 Å². The molecule has 2 fully saturated rings. The Kier molecular flexibility index (Phi) is 4.18. The lowest BCUT2D eigenvalue weighted by molar-refractivity contribution is -0.133. The largest absolute Gasteiger partial charge is 0.337 e. The summed E-state index contributed by atoms with van der Waals surface area (Å²) in [6.07, 6.45) is 3.08. The number of hydrogen-bond acceptors (Lipinski definition) is 3. The van der Waals surface area contributed by atoms with Crippen molar-refractivity contribution in [3.63, 3.8) is 0 Å². The number of nitrogens with one attached hydrogen (secondary N) is 1. The van der Waals surface area contributed by atoms with Crippen LogP contribution < -0.4 is 5.32 Å². The highest BCUT2D eigenvalue weighted by molar-refractivity contribution is 5.77. The van der Waals surface area contributed by atoms with E-state index < -0.39 is 0 Å². The van der Waals surface area contributed by atoms with Gasteiger partial charge < -0.3 is 15.1 Å². The molecule has 1 unspecified atom stereocenters. The first-order valence-corrected chi connectivity index (χ1v) is 6.54. The van der Waals surface area contributed by atoms with Crippen molar-refractivity contribution in [2.24, 2.45) is 0 Å². The molecule has 0 aromatic heterocycles. The van der Waals surface area contributed by atoms with Crippen molar-refractivity contribution in [1.29, 1.82) is 0 Å². The van der Waals surface area contributed by atoms with Crippen LogP contribution >= 0.6 is 0 Å². The highest BCUT2D eigenvalue weighted by Gasteiger charge is 2.28. The quantitative estimate of drug-likeness (QED) is 0.734. The molecular weight excluding hydrogens is 202 g/mol. The van der Waals surface area contributed by atoms with Gasteiger partial charge in [0, 0.05) is 38.6 Å². The van der Waals surface area contributed by atoms with Crippen LogP contribution in [0.4, 0.5) is 0 Å². The Labute approximate surface area is 98.0 Å². The summed E-state index contributed by atoms with van der Waals surface area (Å²) >= 11 is 0. The normalized spacial score (nSPS) is 29.2. The number of hydrogen-bond donors (Lipinski definition) is 1. The summed E-state index contributed by atoms with van der Waals surface area (Å²) in [4.78, 5) is 16.5. The molecule has 0 bridgehead atoms. The lowest BCUT2D eigenvalue weighted by atomic mass is 10.0. The van der Waals surface area contributed by atoms with Crippen LogP contribution in [-0.4, -0.2) is 61.0 Å². The molecule has 2 aliphatic rings. The number of likely N-dealkylation sites (N-methyl/N-ethyl adjacent to an activating group) is 1. The summed E-state index contributed by atoms with van der Waals surface area (Å²) in [5, 5.41) is 3.30. The van der Waals surface area contributed by atoms with Crippen LogP contribution in [0.25, 0.3) is 0 Å². The molecule has 0 saturated carbocycles. The van der Waals surface area contributed by atoms with E-state index in [1.165, 1.54) is 19.4 Å². The third-order valence-electron chi connectivity index (χ3n) is 3.73. The first-order chi connectivity index (χ1) is 7.81. The molecule has 2 rings (SSSR count). The van der Waals surface area contributed by atoms with E-state index in [0.29, 0.717) is 18.4 Å². The van der Waals surface area contributed by atoms with Crippen LogP contribution in [0.2, 0.25) is 0 Å². The van der Waals surface area contributed by atoms with Gasteiger partial charge >= 0.3 is 0 Å². The van der Waals surface area contributed by atoms with Crippen LogP contribution in [0.5, 0.6) is 0 Å². The summed E-state index contributed by atoms with van der Waals surface area (Å²) in [5.41, 5.74) is 0. The lowest BCUT2D eigenvalue weighted by Gasteiger charge is -2.38. The van der Waals surface area contributed by atoms with Gasteiger partial charge in [-0.15, -0.1) is 0 Å². The van der Waals surface area contributed by atoms with Crippen LogP contribution in [-0.2, 0) is 4.79 Å². The molecule has 0 spiro atoms. The van der Waals surface area contributed by atoms with Crippen LogP contribution in [0.3, 0.4) is 0 Å². The van der Waals surface area contributed by atoms with Crippen molar-refractivity contribution in [2.45, 2.75) is 32.2 Å². The smallest absolute Gasteiger partial charge is 0.224 e. The second-order valence-electron chi connectivity index (χ2n) is 4.78. The Morgan fingerprint density at radius 1 is 1.38 bits per heavy atom. The van der Waals surface area contributed by atoms with Gasteiger partial charge in [-0.2, -0.15) is 0 Å². The van der Waals surface area contributed by atoms with E-state index in [9.17, 15) is 4.79 Å². The third-order valence-corrected chi connectivity index (χ3v) is 3.73. The van der Waals surface area contributed by atoms with Crippen molar-refractivity contribution in [3.05, 3.63) is 0 Å². The fourth-order valence-electron chi connectivity index (χ4n) is 2.75. The summed E-state index contributed by atoms with van der Waals surface area (Å²) in [6.45, 7) is 8.27. The molecule has 2 saturated heterocycles. The van der Waals surface area contributed by atoms with Gasteiger partial charge in [-0.25, -0.2) is 0 Å². The standard InChI is InChI=1S/C12H23N3O/c1-2-14-8-3-4-11(10-14)15-9-7-13-6-5-12(15)16/h11,13H,2-10H2,1H3. The number of amides is 1. The van der Waals surface area contributed by atoms with Crippen molar-refractivity contribution < 1.29 is 4.79 Å². The monoisotopic (exact) mass is 225 g/mol. The molecule has 2 heterocycles. The molecule has 1 N–H and O–H groups in total. The van der Waals surface area contributed by atoms with Crippen molar-refractivity contribution in [1.82, 2.24) is 15.1 Å². The maximum absolute atomic E-state index is 12.0. The Morgan fingerprint density at radius 2 is 2.25 bits per heavy atom. The molecule has 2 aliphatic heterocycles. The predicted molar refractivity (Wildman–Crippen MR) is 64.3 cm³/mol. The lowest BCUT2D eigenvalue weighted by Crippen LogP contribution is -2.50. The zero-order valence-electron chi connectivity index (χ0n) is 10.2. The maximum Gasteiger partial charge on any atom is 0.224 e. The molecule has 0 aromatic carbocycles. The minimum absolute atomic E-state index is 0.341. The molecule has 4 heteroatoms. The predicted octanol–water partition coefficient (Wildman–Crippen LogP) is 0.293. The minimum atomic E-state index is 0.341. The van der Waals surface area contributed by atoms with Gasteiger partial charge in [-0.05, 0) is 25.9 Å². The average molecular weight is 225 g/mol. The SMILES string of the molecule is CCN1CCCC(N2CCNCCC2=O)C1. The van der Waals surface area contributed by atoms with E-state index in [1.807, 2.05) is 0 Å². The minimum Gasteiger partial charge on any atom is -0.337 e. The van der Waals surface area contributed by atoms with Crippen LogP contribution in [0.1, 0.15) is 26.2 Å². The van der Waals surface area contributed by atoms with Gasteiger partial charge in [0.25, 0.3) is 0 Å². The first kappa shape index (κ1) is 11.9. The number of carbonyl (C=O) groups is 1. The molecule has 0 radical (unpaired) electrons. The molecule has 92 valence electrons. The highest BCUT2D eigenvalue weighted by Crippen LogP contribution is 2.17. The fourth-order valence-corrected chi connectivity index (χ4v) is 2.75. The van der Waals surface area contributed by atoms with Crippen LogP contribution in [0.15, 0.2) is 0 Å². The Hall–Kier alpha value is -0.610. The number of carbonyl (C=O) groups excluding carboxylic acids is 1. The number of nitrogens with zero attached hydrogens (tertiary/aromatic N) is 2. The topological polar surface area (TPSA) is 35.6 Å². The van der Waals surface area contributed by atoms with Crippen molar-refractivity contribution >= 4 is 5.91 Å². The summed E-state index contributed by atoms with van der Waals surface area (Å²) < 4.78 is 0. The number of piperidine rings is 1. The maximum atomic E-state index is 12.0. The second-order valence-corrected chi connectivity index (χ2v) is 4.78. The Balaban J connectivity index is 1.95. The zero-order valence-corrected chi connectivity index (χ0v) is 10.2.